The van der Waals surface area contributed by atoms with Crippen LogP contribution in [0, 0.1) is 29.1 Å². The van der Waals surface area contributed by atoms with Gasteiger partial charge in [0.05, 0.1) is 5.30 Å². The fourth-order valence-electron chi connectivity index (χ4n) is 2.29. The highest BCUT2D eigenvalue weighted by Crippen LogP contribution is 2.40. The van der Waals surface area contributed by atoms with Gasteiger partial charge in [0.15, 0.2) is 23.3 Å². The van der Waals surface area contributed by atoms with E-state index >= 15 is 0 Å². The van der Waals surface area contributed by atoms with E-state index in [1.54, 1.807) is 48.8 Å². The van der Waals surface area contributed by atoms with Crippen molar-refractivity contribution in [2.24, 2.45) is 0 Å². The number of rotatable bonds is 5. The zero-order chi connectivity index (χ0) is 17.1. The summed E-state index contributed by atoms with van der Waals surface area (Å²) in [7, 11) is -1.86. The fourth-order valence-corrected chi connectivity index (χ4v) is 4.74. The van der Waals surface area contributed by atoms with Crippen molar-refractivity contribution >= 4 is 18.7 Å². The van der Waals surface area contributed by atoms with Gasteiger partial charge in [-0.25, -0.2) is 22.0 Å². The first kappa shape index (κ1) is 17.8. The van der Waals surface area contributed by atoms with Gasteiger partial charge in [0.2, 0.25) is 5.82 Å². The summed E-state index contributed by atoms with van der Waals surface area (Å²) in [4.78, 5) is 0. The summed E-state index contributed by atoms with van der Waals surface area (Å²) in [6.07, 6.45) is 0. The van der Waals surface area contributed by atoms with Gasteiger partial charge >= 0.3 is 0 Å². The lowest BCUT2D eigenvalue weighted by Crippen LogP contribution is -2.33. The Balaban J connectivity index is 2.75. The van der Waals surface area contributed by atoms with Gasteiger partial charge in [-0.05, 0) is 18.4 Å². The lowest BCUT2D eigenvalue weighted by Gasteiger charge is -2.31. The molecule has 1 unspecified atom stereocenters. The second-order valence-corrected chi connectivity index (χ2v) is 6.86. The molecule has 7 heteroatoms. The molecule has 23 heavy (non-hydrogen) atoms. The second-order valence-electron chi connectivity index (χ2n) is 4.70. The minimum Gasteiger partial charge on any atom is -0.275 e. The van der Waals surface area contributed by atoms with Crippen LogP contribution in [0.4, 0.5) is 22.0 Å². The van der Waals surface area contributed by atoms with E-state index < -0.39 is 42.5 Å². The van der Waals surface area contributed by atoms with E-state index in [1.807, 2.05) is 0 Å². The summed E-state index contributed by atoms with van der Waals surface area (Å²) in [5, 5.41) is -0.235. The minimum atomic E-state index is -2.13. The molecule has 0 radical (unpaired) electrons. The molecule has 0 saturated carbocycles. The molecule has 0 aliphatic rings. The molecular weight excluding hydrogens is 332 g/mol. The van der Waals surface area contributed by atoms with E-state index in [0.717, 1.165) is 0 Å². The standard InChI is InChI=1S/C16H15F5NP/c1-3-22(4-2)23(10-8-6-5-7-9-10)16-14(20)12(18)11(17)13(19)15(16)21/h5-9H,3-4H2,1-2H3. The molecule has 2 aromatic carbocycles. The molecule has 0 fully saturated rings. The Bertz CT molecular complexity index is 660. The number of hydrogen-bond donors (Lipinski definition) is 0. The average Bonchev–Trinajstić information content (AvgIpc) is 2.58. The Hall–Kier alpha value is -1.52. The van der Waals surface area contributed by atoms with Crippen molar-refractivity contribution in [1.29, 1.82) is 0 Å². The maximum atomic E-state index is 14.2. The molecule has 0 bridgehead atoms. The topological polar surface area (TPSA) is 3.24 Å². The third-order valence-corrected chi connectivity index (χ3v) is 6.15. The number of benzene rings is 2. The van der Waals surface area contributed by atoms with Gasteiger partial charge in [0.25, 0.3) is 0 Å². The van der Waals surface area contributed by atoms with Gasteiger partial charge in [-0.3, -0.25) is 4.67 Å². The molecule has 0 spiro atoms. The van der Waals surface area contributed by atoms with Crippen molar-refractivity contribution in [2.45, 2.75) is 13.8 Å². The first-order chi connectivity index (χ1) is 10.9. The van der Waals surface area contributed by atoms with Crippen molar-refractivity contribution in [3.05, 3.63) is 59.4 Å². The lowest BCUT2D eigenvalue weighted by molar-refractivity contribution is 0.383. The Morgan fingerprint density at radius 2 is 1.17 bits per heavy atom. The molecule has 0 saturated heterocycles. The maximum Gasteiger partial charge on any atom is 0.200 e. The highest BCUT2D eigenvalue weighted by molar-refractivity contribution is 7.70. The fraction of sp³-hybridized carbons (Fsp3) is 0.250. The van der Waals surface area contributed by atoms with Gasteiger partial charge in [-0.15, -0.1) is 0 Å². The molecule has 0 aliphatic heterocycles. The van der Waals surface area contributed by atoms with E-state index in [1.165, 1.54) is 0 Å². The molecule has 124 valence electrons. The molecule has 0 N–H and O–H groups in total. The SMILES string of the molecule is CCN(CC)P(c1ccccc1)c1c(F)c(F)c(F)c(F)c1F. The predicted molar refractivity (Wildman–Crippen MR) is 81.8 cm³/mol. The second kappa shape index (κ2) is 7.37. The van der Waals surface area contributed by atoms with Crippen molar-refractivity contribution < 1.29 is 22.0 Å². The van der Waals surface area contributed by atoms with Crippen LogP contribution in [0.25, 0.3) is 0 Å². The maximum absolute atomic E-state index is 14.2. The van der Waals surface area contributed by atoms with Gasteiger partial charge in [0.1, 0.15) is 0 Å². The predicted octanol–water partition coefficient (Wildman–Crippen LogP) is 4.07. The number of nitrogens with zero attached hydrogens (tertiary/aromatic N) is 1. The van der Waals surface area contributed by atoms with Gasteiger partial charge < -0.3 is 0 Å². The van der Waals surface area contributed by atoms with Gasteiger partial charge in [-0.2, -0.15) is 0 Å². The molecule has 0 aromatic heterocycles. The van der Waals surface area contributed by atoms with Gasteiger partial charge in [-0.1, -0.05) is 44.2 Å². The Labute approximate surface area is 132 Å². The summed E-state index contributed by atoms with van der Waals surface area (Å²) < 4.78 is 70.6. The van der Waals surface area contributed by atoms with Crippen LogP contribution in [0.5, 0.6) is 0 Å². The van der Waals surface area contributed by atoms with E-state index in [-0.39, 0.29) is 0 Å². The molecule has 2 aromatic rings. The van der Waals surface area contributed by atoms with Crippen molar-refractivity contribution in [1.82, 2.24) is 4.67 Å². The van der Waals surface area contributed by atoms with E-state index in [4.69, 9.17) is 0 Å². The van der Waals surface area contributed by atoms with Crippen LogP contribution in [0.15, 0.2) is 30.3 Å². The van der Waals surface area contributed by atoms with E-state index in [0.29, 0.717) is 18.4 Å². The summed E-state index contributed by atoms with van der Waals surface area (Å²) >= 11 is 0. The van der Waals surface area contributed by atoms with Crippen LogP contribution < -0.4 is 10.6 Å². The van der Waals surface area contributed by atoms with E-state index in [9.17, 15) is 22.0 Å². The third-order valence-electron chi connectivity index (χ3n) is 3.41. The Kier molecular flexibility index (Phi) is 5.71. The first-order valence-electron chi connectivity index (χ1n) is 7.05. The summed E-state index contributed by atoms with van der Waals surface area (Å²) in [6.45, 7) is 4.37. The largest absolute Gasteiger partial charge is 0.275 e. The molecule has 2 rings (SSSR count). The monoisotopic (exact) mass is 347 g/mol. The number of halogens is 5. The van der Waals surface area contributed by atoms with Crippen LogP contribution in [-0.2, 0) is 0 Å². The number of hydrogen-bond acceptors (Lipinski definition) is 1. The normalized spacial score (nSPS) is 12.7. The van der Waals surface area contributed by atoms with Crippen molar-refractivity contribution in [3.8, 4) is 0 Å². The summed E-state index contributed by atoms with van der Waals surface area (Å²) in [5.74, 6) is -9.47. The molecule has 1 atom stereocenters. The highest BCUT2D eigenvalue weighted by atomic mass is 31.1. The molecule has 0 amide bonds. The summed E-state index contributed by atoms with van der Waals surface area (Å²) in [6, 6.07) is 8.31. The van der Waals surface area contributed by atoms with Gasteiger partial charge in [0, 0.05) is 8.07 Å². The first-order valence-corrected chi connectivity index (χ1v) is 8.34. The lowest BCUT2D eigenvalue weighted by atomic mass is 10.3. The quantitative estimate of drug-likeness (QED) is 0.341. The summed E-state index contributed by atoms with van der Waals surface area (Å²) in [5.41, 5.74) is 0. The van der Waals surface area contributed by atoms with Crippen LogP contribution in [0.1, 0.15) is 13.8 Å². The zero-order valence-electron chi connectivity index (χ0n) is 12.6. The van der Waals surface area contributed by atoms with Crippen LogP contribution in [0.3, 0.4) is 0 Å². The van der Waals surface area contributed by atoms with Crippen LogP contribution in [0.2, 0.25) is 0 Å². The Morgan fingerprint density at radius 3 is 1.61 bits per heavy atom. The zero-order valence-corrected chi connectivity index (χ0v) is 13.5. The average molecular weight is 347 g/mol. The van der Waals surface area contributed by atoms with Crippen LogP contribution >= 0.6 is 8.07 Å². The van der Waals surface area contributed by atoms with Crippen LogP contribution in [-0.4, -0.2) is 17.8 Å². The van der Waals surface area contributed by atoms with E-state index in [2.05, 4.69) is 0 Å². The van der Waals surface area contributed by atoms with Crippen molar-refractivity contribution in [2.75, 3.05) is 13.1 Å². The minimum absolute atomic E-state index is 0.413. The molecule has 1 nitrogen and oxygen atoms in total. The third kappa shape index (κ3) is 3.24. The van der Waals surface area contributed by atoms with Crippen molar-refractivity contribution in [3.63, 3.8) is 0 Å². The molecule has 0 aliphatic carbocycles. The molecular formula is C16H15F5NP. The molecule has 0 heterocycles. The smallest absolute Gasteiger partial charge is 0.200 e. The Morgan fingerprint density at radius 1 is 0.739 bits per heavy atom. The highest BCUT2D eigenvalue weighted by Gasteiger charge is 2.33.